The van der Waals surface area contributed by atoms with Crippen molar-refractivity contribution < 1.29 is 9.53 Å². The lowest BCUT2D eigenvalue weighted by molar-refractivity contribution is -0.121. The number of nitrogens with one attached hydrogen (secondary N) is 1. The second-order valence-electron chi connectivity index (χ2n) is 3.59. The number of amides is 1. The van der Waals surface area contributed by atoms with Crippen molar-refractivity contribution >= 4 is 18.3 Å². The van der Waals surface area contributed by atoms with Gasteiger partial charge in [0.2, 0.25) is 5.91 Å². The molecule has 0 fully saturated rings. The highest BCUT2D eigenvalue weighted by atomic mass is 35.5. The quantitative estimate of drug-likeness (QED) is 0.619. The van der Waals surface area contributed by atoms with Crippen LogP contribution in [-0.4, -0.2) is 32.7 Å². The molecule has 0 aliphatic heterocycles. The molecule has 92 valence electrons. The molecule has 0 saturated carbocycles. The molecule has 1 amide bonds. The first kappa shape index (κ1) is 17.1. The molecule has 0 saturated heterocycles. The second-order valence-corrected chi connectivity index (χ2v) is 3.59. The van der Waals surface area contributed by atoms with Crippen LogP contribution in [0.25, 0.3) is 0 Å². The predicted octanol–water partition coefficient (Wildman–Crippen LogP) is 0.936. The van der Waals surface area contributed by atoms with Crippen LogP contribution in [0.1, 0.15) is 26.2 Å². The highest BCUT2D eigenvalue weighted by Crippen LogP contribution is 1.96. The van der Waals surface area contributed by atoms with Gasteiger partial charge in [0.15, 0.2) is 0 Å². The Morgan fingerprint density at radius 3 is 2.67 bits per heavy atom. The molecule has 0 heterocycles. The summed E-state index contributed by atoms with van der Waals surface area (Å²) < 4.78 is 4.89. The van der Waals surface area contributed by atoms with Crippen molar-refractivity contribution in [1.82, 2.24) is 5.32 Å². The van der Waals surface area contributed by atoms with E-state index in [-0.39, 0.29) is 18.3 Å². The van der Waals surface area contributed by atoms with Gasteiger partial charge in [0.25, 0.3) is 0 Å². The lowest BCUT2D eigenvalue weighted by Crippen LogP contribution is -2.31. The van der Waals surface area contributed by atoms with E-state index in [2.05, 4.69) is 5.32 Å². The Labute approximate surface area is 98.3 Å². The summed E-state index contributed by atoms with van der Waals surface area (Å²) in [6.07, 6.45) is 2.41. The number of rotatable bonds is 8. The molecule has 0 aromatic rings. The summed E-state index contributed by atoms with van der Waals surface area (Å²) in [7, 11) is 1.67. The van der Waals surface area contributed by atoms with E-state index >= 15 is 0 Å². The Balaban J connectivity index is 0. The van der Waals surface area contributed by atoms with Crippen molar-refractivity contribution in [3.8, 4) is 0 Å². The van der Waals surface area contributed by atoms with Crippen molar-refractivity contribution in [2.45, 2.75) is 26.2 Å². The van der Waals surface area contributed by atoms with Crippen molar-refractivity contribution in [2.75, 3.05) is 26.8 Å². The maximum absolute atomic E-state index is 11.2. The first-order chi connectivity index (χ1) is 6.70. The van der Waals surface area contributed by atoms with Crippen LogP contribution >= 0.6 is 12.4 Å². The van der Waals surface area contributed by atoms with E-state index in [1.165, 1.54) is 0 Å². The number of hydrogen-bond acceptors (Lipinski definition) is 3. The standard InChI is InChI=1S/C10H22N2O2.ClH/c1-9(7-11)8-12-10(13)5-3-4-6-14-2;/h9H,3-8,11H2,1-2H3,(H,12,13);1H. The van der Waals surface area contributed by atoms with E-state index in [4.69, 9.17) is 10.5 Å². The van der Waals surface area contributed by atoms with Crippen LogP contribution < -0.4 is 11.1 Å². The van der Waals surface area contributed by atoms with Crippen LogP contribution in [0.3, 0.4) is 0 Å². The van der Waals surface area contributed by atoms with Crippen LogP contribution in [0.4, 0.5) is 0 Å². The molecule has 0 spiro atoms. The van der Waals surface area contributed by atoms with Gasteiger partial charge in [-0.1, -0.05) is 6.92 Å². The summed E-state index contributed by atoms with van der Waals surface area (Å²) in [5, 5.41) is 2.85. The molecular formula is C10H23ClN2O2. The van der Waals surface area contributed by atoms with Crippen LogP contribution in [-0.2, 0) is 9.53 Å². The smallest absolute Gasteiger partial charge is 0.220 e. The zero-order chi connectivity index (χ0) is 10.8. The molecule has 4 nitrogen and oxygen atoms in total. The maximum Gasteiger partial charge on any atom is 0.220 e. The number of carbonyl (C=O) groups is 1. The van der Waals surface area contributed by atoms with Crippen molar-refractivity contribution in [1.29, 1.82) is 0 Å². The average molecular weight is 239 g/mol. The lowest BCUT2D eigenvalue weighted by Gasteiger charge is -2.09. The number of methoxy groups -OCH3 is 1. The molecule has 0 rings (SSSR count). The molecule has 0 bridgehead atoms. The summed E-state index contributed by atoms with van der Waals surface area (Å²) in [6, 6.07) is 0. The van der Waals surface area contributed by atoms with E-state index < -0.39 is 0 Å². The molecular weight excluding hydrogens is 216 g/mol. The Morgan fingerprint density at radius 1 is 1.47 bits per heavy atom. The third-order valence-electron chi connectivity index (χ3n) is 2.05. The van der Waals surface area contributed by atoms with Gasteiger partial charge in [-0.2, -0.15) is 0 Å². The van der Waals surface area contributed by atoms with Crippen molar-refractivity contribution in [2.24, 2.45) is 11.7 Å². The third-order valence-corrected chi connectivity index (χ3v) is 2.05. The molecule has 1 atom stereocenters. The van der Waals surface area contributed by atoms with Crippen LogP contribution in [0.2, 0.25) is 0 Å². The fourth-order valence-corrected chi connectivity index (χ4v) is 0.992. The van der Waals surface area contributed by atoms with Gasteiger partial charge >= 0.3 is 0 Å². The molecule has 0 aliphatic rings. The van der Waals surface area contributed by atoms with Crippen LogP contribution in [0, 0.1) is 5.92 Å². The number of carbonyl (C=O) groups excluding carboxylic acids is 1. The first-order valence-electron chi connectivity index (χ1n) is 5.16. The van der Waals surface area contributed by atoms with Crippen molar-refractivity contribution in [3.05, 3.63) is 0 Å². The minimum absolute atomic E-state index is 0. The topological polar surface area (TPSA) is 64.3 Å². The highest BCUT2D eigenvalue weighted by molar-refractivity contribution is 5.85. The Kier molecular flexibility index (Phi) is 13.4. The second kappa shape index (κ2) is 11.8. The van der Waals surface area contributed by atoms with E-state index in [1.807, 2.05) is 6.92 Å². The van der Waals surface area contributed by atoms with Gasteiger partial charge in [0.05, 0.1) is 0 Å². The molecule has 0 aliphatic carbocycles. The van der Waals surface area contributed by atoms with E-state index in [0.717, 1.165) is 19.4 Å². The van der Waals surface area contributed by atoms with Gasteiger partial charge in [-0.05, 0) is 25.3 Å². The number of hydrogen-bond donors (Lipinski definition) is 2. The van der Waals surface area contributed by atoms with Gasteiger partial charge in [-0.3, -0.25) is 4.79 Å². The zero-order valence-electron chi connectivity index (χ0n) is 9.62. The van der Waals surface area contributed by atoms with Gasteiger partial charge < -0.3 is 15.8 Å². The normalized spacial score (nSPS) is 11.7. The molecule has 1 unspecified atom stereocenters. The van der Waals surface area contributed by atoms with Gasteiger partial charge in [0.1, 0.15) is 0 Å². The predicted molar refractivity (Wildman–Crippen MR) is 64.2 cm³/mol. The molecule has 5 heteroatoms. The largest absolute Gasteiger partial charge is 0.385 e. The summed E-state index contributed by atoms with van der Waals surface area (Å²) in [5.41, 5.74) is 5.43. The lowest BCUT2D eigenvalue weighted by atomic mass is 10.2. The summed E-state index contributed by atoms with van der Waals surface area (Å²) in [4.78, 5) is 11.2. The average Bonchev–Trinajstić information content (AvgIpc) is 2.21. The van der Waals surface area contributed by atoms with Gasteiger partial charge in [0, 0.05) is 26.7 Å². The Bertz CT molecular complexity index is 156. The molecule has 0 aromatic heterocycles. The molecule has 15 heavy (non-hydrogen) atoms. The number of nitrogens with two attached hydrogens (primary N) is 1. The molecule has 0 radical (unpaired) electrons. The molecule has 0 aromatic carbocycles. The highest BCUT2D eigenvalue weighted by Gasteiger charge is 2.03. The SMILES string of the molecule is COCCCCC(=O)NCC(C)CN.Cl. The number of unbranched alkanes of at least 4 members (excludes halogenated alkanes) is 1. The third kappa shape index (κ3) is 11.6. The number of halogens is 1. The molecule has 3 N–H and O–H groups in total. The number of ether oxygens (including phenoxy) is 1. The minimum Gasteiger partial charge on any atom is -0.385 e. The van der Waals surface area contributed by atoms with E-state index in [1.54, 1.807) is 7.11 Å². The fraction of sp³-hybridized carbons (Fsp3) is 0.900. The van der Waals surface area contributed by atoms with Gasteiger partial charge in [-0.15, -0.1) is 12.4 Å². The first-order valence-corrected chi connectivity index (χ1v) is 5.16. The minimum atomic E-state index is 0. The monoisotopic (exact) mass is 238 g/mol. The summed E-state index contributed by atoms with van der Waals surface area (Å²) in [6.45, 7) is 4.04. The summed E-state index contributed by atoms with van der Waals surface area (Å²) in [5.74, 6) is 0.472. The zero-order valence-corrected chi connectivity index (χ0v) is 10.4. The van der Waals surface area contributed by atoms with E-state index in [9.17, 15) is 4.79 Å². The fourth-order valence-electron chi connectivity index (χ4n) is 0.992. The maximum atomic E-state index is 11.2. The van der Waals surface area contributed by atoms with E-state index in [0.29, 0.717) is 25.4 Å². The Morgan fingerprint density at radius 2 is 2.13 bits per heavy atom. The Hall–Kier alpha value is -0.320. The van der Waals surface area contributed by atoms with Gasteiger partial charge in [-0.25, -0.2) is 0 Å². The summed E-state index contributed by atoms with van der Waals surface area (Å²) >= 11 is 0. The van der Waals surface area contributed by atoms with Crippen LogP contribution in [0.15, 0.2) is 0 Å². The van der Waals surface area contributed by atoms with Crippen LogP contribution in [0.5, 0.6) is 0 Å². The van der Waals surface area contributed by atoms with Crippen molar-refractivity contribution in [3.63, 3.8) is 0 Å².